The summed E-state index contributed by atoms with van der Waals surface area (Å²) in [6.45, 7) is 11.3. The zero-order chi connectivity index (χ0) is 9.56. The van der Waals surface area contributed by atoms with Crippen LogP contribution in [0, 0.1) is 0 Å². The third-order valence-electron chi connectivity index (χ3n) is 2.33. The summed E-state index contributed by atoms with van der Waals surface area (Å²) in [7, 11) is 2.20. The Hall–Kier alpha value is -0.300. The van der Waals surface area contributed by atoms with Crippen LogP contribution < -0.4 is 0 Å². The lowest BCUT2D eigenvalue weighted by atomic mass is 10.1. The van der Waals surface area contributed by atoms with Gasteiger partial charge in [0.25, 0.3) is 0 Å². The minimum absolute atomic E-state index is 1.20. The van der Waals surface area contributed by atoms with Gasteiger partial charge in [0.2, 0.25) is 0 Å². The Morgan fingerprint density at radius 3 is 2.08 bits per heavy atom. The molecule has 0 radical (unpaired) electrons. The molecule has 0 N–H and O–H groups in total. The van der Waals surface area contributed by atoms with Gasteiger partial charge in [0.1, 0.15) is 0 Å². The molecule has 0 atom stereocenters. The number of rotatable bonds is 5. The van der Waals surface area contributed by atoms with E-state index in [4.69, 9.17) is 0 Å². The fourth-order valence-electron chi connectivity index (χ4n) is 1.10. The van der Waals surface area contributed by atoms with Gasteiger partial charge in [0.15, 0.2) is 0 Å². The van der Waals surface area contributed by atoms with Gasteiger partial charge in [-0.1, -0.05) is 18.1 Å². The van der Waals surface area contributed by atoms with Crippen LogP contribution in [0.4, 0.5) is 0 Å². The van der Waals surface area contributed by atoms with Gasteiger partial charge in [0.05, 0.1) is 0 Å². The molecule has 0 saturated heterocycles. The lowest BCUT2D eigenvalue weighted by molar-refractivity contribution is 0.338. The minimum Gasteiger partial charge on any atom is -0.306 e. The molecule has 0 spiro atoms. The molecule has 0 aromatic heterocycles. The van der Waals surface area contributed by atoms with Crippen LogP contribution in [0.3, 0.4) is 0 Å². The van der Waals surface area contributed by atoms with Gasteiger partial charge in [0, 0.05) is 6.54 Å². The molecule has 0 fully saturated rings. The van der Waals surface area contributed by atoms with Crippen molar-refractivity contribution < 1.29 is 0 Å². The van der Waals surface area contributed by atoms with Crippen LogP contribution in [0.25, 0.3) is 0 Å². The predicted molar refractivity (Wildman–Crippen MR) is 56.5 cm³/mol. The molecule has 12 heavy (non-hydrogen) atoms. The van der Waals surface area contributed by atoms with E-state index < -0.39 is 0 Å². The van der Waals surface area contributed by atoms with E-state index in [1.165, 1.54) is 37.1 Å². The van der Waals surface area contributed by atoms with Gasteiger partial charge in [-0.2, -0.15) is 0 Å². The molecular weight excluding hydrogens is 146 g/mol. The molecule has 0 aromatic carbocycles. The Labute approximate surface area is 77.5 Å². The second kappa shape index (κ2) is 6.24. The van der Waals surface area contributed by atoms with Crippen molar-refractivity contribution in [2.24, 2.45) is 0 Å². The molecule has 0 saturated carbocycles. The number of allylic oxidation sites excluding steroid dienone is 1. The summed E-state index contributed by atoms with van der Waals surface area (Å²) in [6, 6.07) is 0. The average Bonchev–Trinajstić information content (AvgIpc) is 2.00. The van der Waals surface area contributed by atoms with Gasteiger partial charge in [-0.25, -0.2) is 0 Å². The standard InChI is InChI=1S/C11H23N/c1-6-8-12(5)9-7-11(4)10(2)3/h6-9H2,1-5H3. The molecule has 1 nitrogen and oxygen atoms in total. The van der Waals surface area contributed by atoms with E-state index in [-0.39, 0.29) is 0 Å². The molecular formula is C11H23N. The largest absolute Gasteiger partial charge is 0.306 e. The molecule has 72 valence electrons. The third kappa shape index (κ3) is 5.36. The monoisotopic (exact) mass is 169 g/mol. The highest BCUT2D eigenvalue weighted by Gasteiger charge is 1.97. The van der Waals surface area contributed by atoms with Crippen molar-refractivity contribution in [3.8, 4) is 0 Å². The smallest absolute Gasteiger partial charge is 0.00155 e. The molecule has 0 aliphatic rings. The van der Waals surface area contributed by atoms with Gasteiger partial charge in [-0.3, -0.25) is 0 Å². The summed E-state index contributed by atoms with van der Waals surface area (Å²) in [5.74, 6) is 0. The summed E-state index contributed by atoms with van der Waals surface area (Å²) < 4.78 is 0. The van der Waals surface area contributed by atoms with Crippen molar-refractivity contribution in [1.82, 2.24) is 4.90 Å². The SMILES string of the molecule is CCCN(C)CCC(C)=C(C)C. The second-order valence-corrected chi connectivity index (χ2v) is 3.83. The van der Waals surface area contributed by atoms with Crippen molar-refractivity contribution in [2.75, 3.05) is 20.1 Å². The Balaban J connectivity index is 3.61. The molecule has 0 unspecified atom stereocenters. The highest BCUT2D eigenvalue weighted by molar-refractivity contribution is 5.06. The highest BCUT2D eigenvalue weighted by atomic mass is 15.1. The number of hydrogen-bond donors (Lipinski definition) is 0. The van der Waals surface area contributed by atoms with E-state index >= 15 is 0 Å². The lowest BCUT2D eigenvalue weighted by Crippen LogP contribution is -2.20. The summed E-state index contributed by atoms with van der Waals surface area (Å²) in [5.41, 5.74) is 3.01. The van der Waals surface area contributed by atoms with Crippen LogP contribution in [-0.4, -0.2) is 25.0 Å². The third-order valence-corrected chi connectivity index (χ3v) is 2.33. The van der Waals surface area contributed by atoms with E-state index in [1.807, 2.05) is 0 Å². The van der Waals surface area contributed by atoms with E-state index in [2.05, 4.69) is 39.6 Å². The topological polar surface area (TPSA) is 3.24 Å². The number of nitrogens with zero attached hydrogens (tertiary/aromatic N) is 1. The minimum atomic E-state index is 1.20. The first-order valence-electron chi connectivity index (χ1n) is 4.89. The first-order valence-corrected chi connectivity index (χ1v) is 4.89. The predicted octanol–water partition coefficient (Wildman–Crippen LogP) is 3.07. The molecule has 0 rings (SSSR count). The van der Waals surface area contributed by atoms with Crippen LogP contribution in [0.5, 0.6) is 0 Å². The van der Waals surface area contributed by atoms with Crippen molar-refractivity contribution in [3.05, 3.63) is 11.1 Å². The summed E-state index contributed by atoms with van der Waals surface area (Å²) >= 11 is 0. The van der Waals surface area contributed by atoms with E-state index in [0.717, 1.165) is 0 Å². The molecule has 0 aliphatic carbocycles. The van der Waals surface area contributed by atoms with Gasteiger partial charge >= 0.3 is 0 Å². The van der Waals surface area contributed by atoms with Gasteiger partial charge in [-0.15, -0.1) is 0 Å². The molecule has 0 bridgehead atoms. The highest BCUT2D eigenvalue weighted by Crippen LogP contribution is 2.07. The molecule has 0 aromatic rings. The van der Waals surface area contributed by atoms with Crippen molar-refractivity contribution >= 4 is 0 Å². The summed E-state index contributed by atoms with van der Waals surface area (Å²) in [6.07, 6.45) is 2.48. The van der Waals surface area contributed by atoms with Crippen LogP contribution in [0.1, 0.15) is 40.5 Å². The van der Waals surface area contributed by atoms with Gasteiger partial charge in [-0.05, 0) is 47.2 Å². The van der Waals surface area contributed by atoms with Crippen LogP contribution >= 0.6 is 0 Å². The van der Waals surface area contributed by atoms with Crippen molar-refractivity contribution in [2.45, 2.75) is 40.5 Å². The molecule has 1 heteroatoms. The first kappa shape index (κ1) is 11.7. The van der Waals surface area contributed by atoms with E-state index in [9.17, 15) is 0 Å². The maximum atomic E-state index is 2.40. The maximum absolute atomic E-state index is 2.40. The Morgan fingerprint density at radius 1 is 1.08 bits per heavy atom. The summed E-state index contributed by atoms with van der Waals surface area (Å²) in [5, 5.41) is 0. The molecule has 0 aliphatic heterocycles. The van der Waals surface area contributed by atoms with Gasteiger partial charge < -0.3 is 4.90 Å². The Bertz CT molecular complexity index is 143. The van der Waals surface area contributed by atoms with E-state index in [1.54, 1.807) is 0 Å². The maximum Gasteiger partial charge on any atom is 0.00155 e. The second-order valence-electron chi connectivity index (χ2n) is 3.83. The molecule has 0 heterocycles. The molecule has 0 amide bonds. The fraction of sp³-hybridized carbons (Fsp3) is 0.818. The van der Waals surface area contributed by atoms with Crippen molar-refractivity contribution in [3.63, 3.8) is 0 Å². The fourth-order valence-corrected chi connectivity index (χ4v) is 1.10. The number of hydrogen-bond acceptors (Lipinski definition) is 1. The Kier molecular flexibility index (Phi) is 6.09. The zero-order valence-corrected chi connectivity index (χ0v) is 9.28. The van der Waals surface area contributed by atoms with Crippen LogP contribution in [-0.2, 0) is 0 Å². The quantitative estimate of drug-likeness (QED) is 0.572. The van der Waals surface area contributed by atoms with Crippen molar-refractivity contribution in [1.29, 1.82) is 0 Å². The summed E-state index contributed by atoms with van der Waals surface area (Å²) in [4.78, 5) is 2.40. The lowest BCUT2D eigenvalue weighted by Gasteiger charge is -2.15. The average molecular weight is 169 g/mol. The van der Waals surface area contributed by atoms with Crippen LogP contribution in [0.2, 0.25) is 0 Å². The Morgan fingerprint density at radius 2 is 1.67 bits per heavy atom. The van der Waals surface area contributed by atoms with Crippen LogP contribution in [0.15, 0.2) is 11.1 Å². The first-order chi connectivity index (χ1) is 5.57. The normalized spacial score (nSPS) is 10.5. The zero-order valence-electron chi connectivity index (χ0n) is 9.28. The van der Waals surface area contributed by atoms with E-state index in [0.29, 0.717) is 0 Å².